The van der Waals surface area contributed by atoms with Crippen LogP contribution in [0.5, 0.6) is 5.75 Å². The Balaban J connectivity index is 1.49. The number of phenolic OH excluding ortho intramolecular Hbond substituents is 1. The maximum Gasteiger partial charge on any atom is 0.225 e. The van der Waals surface area contributed by atoms with Gasteiger partial charge in [0.25, 0.3) is 0 Å². The smallest absolute Gasteiger partial charge is 0.225 e. The quantitative estimate of drug-likeness (QED) is 0.847. The molecule has 2 saturated heterocycles. The number of piperazine rings is 1. The molecular formula is C16H23N3O3. The zero-order chi connectivity index (χ0) is 15.4. The van der Waals surface area contributed by atoms with Crippen LogP contribution in [0.1, 0.15) is 6.42 Å². The van der Waals surface area contributed by atoms with Gasteiger partial charge in [0.15, 0.2) is 0 Å². The van der Waals surface area contributed by atoms with Crippen LogP contribution in [0.4, 0.5) is 5.69 Å². The van der Waals surface area contributed by atoms with E-state index in [1.54, 1.807) is 12.1 Å². The van der Waals surface area contributed by atoms with Crippen molar-refractivity contribution < 1.29 is 14.6 Å². The lowest BCUT2D eigenvalue weighted by molar-refractivity contribution is -0.135. The number of benzene rings is 1. The van der Waals surface area contributed by atoms with E-state index < -0.39 is 0 Å². The number of amides is 1. The van der Waals surface area contributed by atoms with E-state index in [2.05, 4.69) is 10.2 Å². The molecule has 0 unspecified atom stereocenters. The van der Waals surface area contributed by atoms with E-state index in [1.165, 1.54) is 0 Å². The van der Waals surface area contributed by atoms with Crippen molar-refractivity contribution in [3.05, 3.63) is 24.3 Å². The number of hydrogen-bond acceptors (Lipinski definition) is 5. The van der Waals surface area contributed by atoms with Crippen LogP contribution in [-0.4, -0.2) is 67.9 Å². The first kappa shape index (κ1) is 15.1. The van der Waals surface area contributed by atoms with E-state index >= 15 is 0 Å². The van der Waals surface area contributed by atoms with Crippen molar-refractivity contribution in [3.63, 3.8) is 0 Å². The van der Waals surface area contributed by atoms with E-state index in [0.29, 0.717) is 26.1 Å². The average molecular weight is 305 g/mol. The number of hydrogen-bond donors (Lipinski definition) is 2. The number of ether oxygens (including phenoxy) is 1. The summed E-state index contributed by atoms with van der Waals surface area (Å²) in [6.07, 6.45) is 0.462. The Labute approximate surface area is 130 Å². The summed E-state index contributed by atoms with van der Waals surface area (Å²) >= 11 is 0. The monoisotopic (exact) mass is 305 g/mol. The number of morpholine rings is 1. The normalized spacial score (nSPS) is 22.6. The van der Waals surface area contributed by atoms with Gasteiger partial charge in [0.05, 0.1) is 19.1 Å². The van der Waals surface area contributed by atoms with Gasteiger partial charge in [-0.3, -0.25) is 4.79 Å². The molecule has 6 heteroatoms. The number of aromatic hydroxyl groups is 1. The lowest BCUT2D eigenvalue weighted by atomic mass is 10.2. The first-order valence-electron chi connectivity index (χ1n) is 7.86. The Hall–Kier alpha value is -1.79. The highest BCUT2D eigenvalue weighted by Gasteiger charge is 2.25. The maximum absolute atomic E-state index is 12.3. The van der Waals surface area contributed by atoms with Crippen LogP contribution in [0.3, 0.4) is 0 Å². The summed E-state index contributed by atoms with van der Waals surface area (Å²) in [5, 5.41) is 12.8. The fourth-order valence-electron chi connectivity index (χ4n) is 2.98. The zero-order valence-electron chi connectivity index (χ0n) is 12.7. The SMILES string of the molecule is O=C(C[C@@H]1CNCCO1)N1CCN(c2cccc(O)c2)CC1. The molecule has 2 aliphatic heterocycles. The Morgan fingerprint density at radius 2 is 2.14 bits per heavy atom. The Kier molecular flexibility index (Phi) is 4.80. The Bertz CT molecular complexity index is 509. The third-order valence-corrected chi connectivity index (χ3v) is 4.23. The molecule has 6 nitrogen and oxygen atoms in total. The molecule has 2 heterocycles. The van der Waals surface area contributed by atoms with E-state index in [-0.39, 0.29) is 17.8 Å². The molecule has 2 fully saturated rings. The predicted octanol–water partition coefficient (Wildman–Crippen LogP) is 0.419. The highest BCUT2D eigenvalue weighted by molar-refractivity contribution is 5.77. The summed E-state index contributed by atoms with van der Waals surface area (Å²) in [4.78, 5) is 16.4. The molecule has 2 aliphatic rings. The lowest BCUT2D eigenvalue weighted by Gasteiger charge is -2.37. The molecule has 2 N–H and O–H groups in total. The van der Waals surface area contributed by atoms with Crippen LogP contribution in [-0.2, 0) is 9.53 Å². The first-order chi connectivity index (χ1) is 10.7. The van der Waals surface area contributed by atoms with E-state index in [9.17, 15) is 9.90 Å². The molecule has 0 radical (unpaired) electrons. The van der Waals surface area contributed by atoms with Crippen LogP contribution < -0.4 is 10.2 Å². The number of carbonyl (C=O) groups is 1. The number of carbonyl (C=O) groups excluding carboxylic acids is 1. The lowest BCUT2D eigenvalue weighted by Crippen LogP contribution is -2.50. The molecule has 3 rings (SSSR count). The van der Waals surface area contributed by atoms with E-state index in [1.807, 2.05) is 17.0 Å². The summed E-state index contributed by atoms with van der Waals surface area (Å²) in [6.45, 7) is 5.33. The molecule has 0 bridgehead atoms. The number of rotatable bonds is 3. The number of anilines is 1. The second kappa shape index (κ2) is 6.98. The van der Waals surface area contributed by atoms with Crippen molar-refractivity contribution in [2.75, 3.05) is 50.8 Å². The zero-order valence-corrected chi connectivity index (χ0v) is 12.7. The van der Waals surface area contributed by atoms with Gasteiger partial charge in [-0.1, -0.05) is 6.07 Å². The Morgan fingerprint density at radius 3 is 2.82 bits per heavy atom. The maximum atomic E-state index is 12.3. The molecule has 0 saturated carbocycles. The van der Waals surface area contributed by atoms with Crippen molar-refractivity contribution in [2.24, 2.45) is 0 Å². The number of nitrogens with zero attached hydrogens (tertiary/aromatic N) is 2. The van der Waals surface area contributed by atoms with Crippen LogP contribution in [0.15, 0.2) is 24.3 Å². The van der Waals surface area contributed by atoms with Crippen LogP contribution >= 0.6 is 0 Å². The number of phenols is 1. The van der Waals surface area contributed by atoms with E-state index in [0.717, 1.165) is 31.9 Å². The first-order valence-corrected chi connectivity index (χ1v) is 7.86. The fourth-order valence-corrected chi connectivity index (χ4v) is 2.98. The summed E-state index contributed by atoms with van der Waals surface area (Å²) in [6, 6.07) is 7.26. The van der Waals surface area contributed by atoms with Gasteiger partial charge in [0, 0.05) is 51.0 Å². The van der Waals surface area contributed by atoms with Gasteiger partial charge in [-0.15, -0.1) is 0 Å². The highest BCUT2D eigenvalue weighted by atomic mass is 16.5. The predicted molar refractivity (Wildman–Crippen MR) is 84.1 cm³/mol. The van der Waals surface area contributed by atoms with Gasteiger partial charge in [0.1, 0.15) is 5.75 Å². The molecule has 120 valence electrons. The van der Waals surface area contributed by atoms with E-state index in [4.69, 9.17) is 4.74 Å². The minimum Gasteiger partial charge on any atom is -0.508 e. The largest absolute Gasteiger partial charge is 0.508 e. The third kappa shape index (κ3) is 3.69. The van der Waals surface area contributed by atoms with Crippen molar-refractivity contribution in [2.45, 2.75) is 12.5 Å². The van der Waals surface area contributed by atoms with Crippen molar-refractivity contribution in [1.82, 2.24) is 10.2 Å². The highest BCUT2D eigenvalue weighted by Crippen LogP contribution is 2.21. The third-order valence-electron chi connectivity index (χ3n) is 4.23. The molecule has 22 heavy (non-hydrogen) atoms. The van der Waals surface area contributed by atoms with Crippen LogP contribution in [0, 0.1) is 0 Å². The second-order valence-corrected chi connectivity index (χ2v) is 5.79. The molecule has 1 amide bonds. The van der Waals surface area contributed by atoms with Gasteiger partial charge >= 0.3 is 0 Å². The standard InChI is InChI=1S/C16H23N3O3/c20-14-3-1-2-13(10-14)18-5-7-19(8-6-18)16(21)11-15-12-17-4-9-22-15/h1-3,10,15,17,20H,4-9,11-12H2/t15-/m1/s1. The summed E-state index contributed by atoms with van der Waals surface area (Å²) < 4.78 is 5.59. The summed E-state index contributed by atoms with van der Waals surface area (Å²) in [5.74, 6) is 0.446. The summed E-state index contributed by atoms with van der Waals surface area (Å²) in [5.41, 5.74) is 1.01. The van der Waals surface area contributed by atoms with Crippen molar-refractivity contribution in [3.8, 4) is 5.75 Å². The molecule has 0 aromatic heterocycles. The molecule has 1 aromatic carbocycles. The van der Waals surface area contributed by atoms with Gasteiger partial charge in [-0.25, -0.2) is 0 Å². The van der Waals surface area contributed by atoms with Gasteiger partial charge in [-0.2, -0.15) is 0 Å². The molecular weight excluding hydrogens is 282 g/mol. The summed E-state index contributed by atoms with van der Waals surface area (Å²) in [7, 11) is 0. The Morgan fingerprint density at radius 1 is 1.32 bits per heavy atom. The van der Waals surface area contributed by atoms with Gasteiger partial charge in [-0.05, 0) is 12.1 Å². The van der Waals surface area contributed by atoms with Crippen LogP contribution in [0.25, 0.3) is 0 Å². The van der Waals surface area contributed by atoms with Gasteiger partial charge in [0.2, 0.25) is 5.91 Å². The minimum absolute atomic E-state index is 0.00495. The molecule has 0 spiro atoms. The number of nitrogens with one attached hydrogen (secondary N) is 1. The molecule has 1 aromatic rings. The fraction of sp³-hybridized carbons (Fsp3) is 0.562. The minimum atomic E-state index is 0.00495. The average Bonchev–Trinajstić information content (AvgIpc) is 2.56. The topological polar surface area (TPSA) is 65.0 Å². The van der Waals surface area contributed by atoms with Gasteiger partial charge < -0.3 is 25.0 Å². The van der Waals surface area contributed by atoms with Crippen LogP contribution in [0.2, 0.25) is 0 Å². The second-order valence-electron chi connectivity index (χ2n) is 5.79. The molecule has 1 atom stereocenters. The van der Waals surface area contributed by atoms with Crippen molar-refractivity contribution in [1.29, 1.82) is 0 Å². The van der Waals surface area contributed by atoms with Crippen molar-refractivity contribution >= 4 is 11.6 Å². The molecule has 0 aliphatic carbocycles.